The lowest BCUT2D eigenvalue weighted by Gasteiger charge is -2.27. The van der Waals surface area contributed by atoms with Crippen molar-refractivity contribution >= 4 is 120 Å². The number of anilines is 6. The molecule has 410 valence electrons. The normalized spacial score (nSPS) is 11.6. The number of fused-ring (bicyclic) bond motifs is 11. The fourth-order valence-electron chi connectivity index (χ4n) is 13.9. The third-order valence-electron chi connectivity index (χ3n) is 18.1. The van der Waals surface area contributed by atoms with Gasteiger partial charge in [0.2, 0.25) is 0 Å². The van der Waals surface area contributed by atoms with Crippen LogP contribution in [-0.4, -0.2) is 0 Å². The van der Waals surface area contributed by atoms with Crippen molar-refractivity contribution in [1.82, 2.24) is 0 Å². The van der Waals surface area contributed by atoms with E-state index in [0.29, 0.717) is 0 Å². The molecule has 0 spiro atoms. The predicted octanol–water partition coefficient (Wildman–Crippen LogP) is 24.5. The topological polar surface area (TPSA) is 6.48 Å². The van der Waals surface area contributed by atoms with Gasteiger partial charge in [0.25, 0.3) is 0 Å². The van der Waals surface area contributed by atoms with Crippen molar-refractivity contribution in [3.63, 3.8) is 0 Å². The van der Waals surface area contributed by atoms with Gasteiger partial charge in [-0.2, -0.15) is 0 Å². The van der Waals surface area contributed by atoms with E-state index in [0.717, 1.165) is 50.8 Å². The van der Waals surface area contributed by atoms with E-state index in [9.17, 15) is 0 Å². The van der Waals surface area contributed by atoms with Crippen molar-refractivity contribution in [2.75, 3.05) is 9.80 Å². The second-order valence-electron chi connectivity index (χ2n) is 23.2. The molecule has 0 saturated heterocycles. The Kier molecular flexibility index (Phi) is 12.3. The highest BCUT2D eigenvalue weighted by atomic mass is 15.1. The second kappa shape index (κ2) is 21.2. The molecular formula is C86H56N2. The molecule has 88 heavy (non-hydrogen) atoms. The number of rotatable bonds is 10. The Bertz CT molecular complexity index is 5410. The summed E-state index contributed by atoms with van der Waals surface area (Å²) >= 11 is 0. The molecule has 2 nitrogen and oxygen atoms in total. The van der Waals surface area contributed by atoms with Crippen molar-refractivity contribution in [1.29, 1.82) is 0 Å². The second-order valence-corrected chi connectivity index (χ2v) is 23.2. The molecule has 0 atom stereocenters. The summed E-state index contributed by atoms with van der Waals surface area (Å²) in [5, 5.41) is 19.5. The Labute approximate surface area is 511 Å². The fraction of sp³-hybridized carbons (Fsp3) is 0. The summed E-state index contributed by atoms with van der Waals surface area (Å²) in [5.41, 5.74) is 16.0. The summed E-state index contributed by atoms with van der Waals surface area (Å²) in [6.45, 7) is 0. The van der Waals surface area contributed by atoms with Crippen LogP contribution in [0.15, 0.2) is 340 Å². The molecule has 0 radical (unpaired) electrons. The minimum atomic E-state index is 1.08. The molecule has 0 fully saturated rings. The first-order valence-electron chi connectivity index (χ1n) is 30.4. The van der Waals surface area contributed by atoms with Crippen molar-refractivity contribution < 1.29 is 0 Å². The standard InChI is InChI=1S/C86H56N2/c1-2-21-62(22-3-1)81-56-82(63-37-42-70(43-38-63)87(72-46-33-57-17-4-8-24-65(57)51-72)73-47-34-58-18-5-9-25-66(58)52-73)85-79-31-15-14-30-78(79)83-55-69(77-32-16-28-61-23-12-13-29-76(61)77)41-50-80(83)86(85)84(81)64-39-44-71(45-40-64)88(74-48-35-59-19-6-10-26-67(59)53-74)75-49-36-60-20-7-11-27-68(60)54-75/h1-56H. The number of benzene rings is 17. The van der Waals surface area contributed by atoms with E-state index in [2.05, 4.69) is 350 Å². The molecule has 0 aromatic heterocycles. The molecule has 2 heteroatoms. The molecule has 17 rings (SSSR count). The average Bonchev–Trinajstić information content (AvgIpc) is 0.971. The smallest absolute Gasteiger partial charge is 0.0468 e. The molecule has 0 heterocycles. The van der Waals surface area contributed by atoms with Gasteiger partial charge in [-0.05, 0) is 216 Å². The third kappa shape index (κ3) is 8.81. The van der Waals surface area contributed by atoms with E-state index < -0.39 is 0 Å². The van der Waals surface area contributed by atoms with Crippen LogP contribution in [0.5, 0.6) is 0 Å². The summed E-state index contributed by atoms with van der Waals surface area (Å²) in [7, 11) is 0. The molecule has 17 aromatic rings. The molecule has 0 amide bonds. The van der Waals surface area contributed by atoms with Crippen LogP contribution in [0.1, 0.15) is 0 Å². The zero-order valence-electron chi connectivity index (χ0n) is 48.2. The van der Waals surface area contributed by atoms with Crippen LogP contribution in [0.3, 0.4) is 0 Å². The highest BCUT2D eigenvalue weighted by molar-refractivity contribution is 6.33. The van der Waals surface area contributed by atoms with Gasteiger partial charge in [0.05, 0.1) is 0 Å². The molecule has 0 aliphatic carbocycles. The summed E-state index contributed by atoms with van der Waals surface area (Å²) in [4.78, 5) is 4.81. The van der Waals surface area contributed by atoms with Gasteiger partial charge in [-0.3, -0.25) is 0 Å². The highest BCUT2D eigenvalue weighted by Crippen LogP contribution is 2.51. The van der Waals surface area contributed by atoms with Gasteiger partial charge < -0.3 is 9.80 Å². The first kappa shape index (κ1) is 50.9. The van der Waals surface area contributed by atoms with Gasteiger partial charge in [-0.1, -0.05) is 255 Å². The summed E-state index contributed by atoms with van der Waals surface area (Å²) in [6, 6.07) is 126. The van der Waals surface area contributed by atoms with Crippen molar-refractivity contribution in [2.24, 2.45) is 0 Å². The van der Waals surface area contributed by atoms with Crippen molar-refractivity contribution in [3.05, 3.63) is 340 Å². The van der Waals surface area contributed by atoms with Gasteiger partial charge in [0, 0.05) is 34.1 Å². The van der Waals surface area contributed by atoms with E-state index in [-0.39, 0.29) is 0 Å². The van der Waals surface area contributed by atoms with Crippen LogP contribution in [0.25, 0.3) is 131 Å². The Morgan fingerprint density at radius 2 is 0.534 bits per heavy atom. The van der Waals surface area contributed by atoms with Crippen LogP contribution in [0.4, 0.5) is 34.1 Å². The SMILES string of the molecule is c1ccc(-c2cc(-c3ccc(N(c4ccc5ccccc5c4)c4ccc5ccccc5c4)cc3)c3c4ccccc4c4cc(-c5cccc6ccccc56)ccc4c3c2-c2ccc(N(c3ccc4ccccc4c3)c3ccc4ccccc4c3)cc2)cc1. The monoisotopic (exact) mass is 1120 g/mol. The van der Waals surface area contributed by atoms with Gasteiger partial charge in [-0.15, -0.1) is 0 Å². The van der Waals surface area contributed by atoms with E-state index >= 15 is 0 Å². The lowest BCUT2D eigenvalue weighted by Crippen LogP contribution is -2.10. The van der Waals surface area contributed by atoms with E-state index in [1.54, 1.807) is 0 Å². The molecule has 0 aliphatic heterocycles. The van der Waals surface area contributed by atoms with Crippen LogP contribution >= 0.6 is 0 Å². The Morgan fingerprint density at radius 3 is 1.05 bits per heavy atom. The molecular weight excluding hydrogens is 1060 g/mol. The minimum Gasteiger partial charge on any atom is -0.310 e. The molecule has 0 unspecified atom stereocenters. The lowest BCUT2D eigenvalue weighted by atomic mass is 9.81. The number of hydrogen-bond donors (Lipinski definition) is 0. The van der Waals surface area contributed by atoms with Crippen molar-refractivity contribution in [2.45, 2.75) is 0 Å². The summed E-state index contributed by atoms with van der Waals surface area (Å²) < 4.78 is 0. The molecule has 17 aromatic carbocycles. The van der Waals surface area contributed by atoms with Gasteiger partial charge in [-0.25, -0.2) is 0 Å². The predicted molar refractivity (Wildman–Crippen MR) is 378 cm³/mol. The molecule has 0 saturated carbocycles. The number of nitrogens with zero attached hydrogens (tertiary/aromatic N) is 2. The van der Waals surface area contributed by atoms with Gasteiger partial charge in [0.15, 0.2) is 0 Å². The maximum atomic E-state index is 2.49. The molecule has 0 bridgehead atoms. The van der Waals surface area contributed by atoms with Crippen LogP contribution in [0.2, 0.25) is 0 Å². The third-order valence-corrected chi connectivity index (χ3v) is 18.1. The molecule has 0 N–H and O–H groups in total. The van der Waals surface area contributed by atoms with Gasteiger partial charge >= 0.3 is 0 Å². The Morgan fingerprint density at radius 1 is 0.159 bits per heavy atom. The van der Waals surface area contributed by atoms with E-state index in [4.69, 9.17) is 0 Å². The fourth-order valence-corrected chi connectivity index (χ4v) is 13.9. The van der Waals surface area contributed by atoms with Crippen LogP contribution in [0, 0.1) is 0 Å². The summed E-state index contributed by atoms with van der Waals surface area (Å²) in [6.07, 6.45) is 0. The zero-order valence-corrected chi connectivity index (χ0v) is 48.2. The molecule has 0 aliphatic rings. The Hall–Kier alpha value is -11.6. The first-order valence-corrected chi connectivity index (χ1v) is 30.4. The highest BCUT2D eigenvalue weighted by Gasteiger charge is 2.24. The number of hydrogen-bond acceptors (Lipinski definition) is 2. The van der Waals surface area contributed by atoms with E-state index in [1.807, 2.05) is 0 Å². The zero-order chi connectivity index (χ0) is 58.1. The van der Waals surface area contributed by atoms with Gasteiger partial charge in [0.1, 0.15) is 0 Å². The van der Waals surface area contributed by atoms with Crippen LogP contribution < -0.4 is 9.80 Å². The minimum absolute atomic E-state index is 1.08. The Balaban J connectivity index is 0.908. The first-order chi connectivity index (χ1) is 43.6. The summed E-state index contributed by atoms with van der Waals surface area (Å²) in [5.74, 6) is 0. The van der Waals surface area contributed by atoms with Crippen molar-refractivity contribution in [3.8, 4) is 44.5 Å². The average molecular weight is 1120 g/mol. The quantitative estimate of drug-likeness (QED) is 0.126. The van der Waals surface area contributed by atoms with Crippen LogP contribution in [-0.2, 0) is 0 Å². The maximum absolute atomic E-state index is 2.49. The largest absolute Gasteiger partial charge is 0.310 e. The van der Waals surface area contributed by atoms with E-state index in [1.165, 1.54) is 114 Å². The maximum Gasteiger partial charge on any atom is 0.0468 e. The lowest BCUT2D eigenvalue weighted by molar-refractivity contribution is 1.29.